The van der Waals surface area contributed by atoms with Gasteiger partial charge in [0.25, 0.3) is 0 Å². The van der Waals surface area contributed by atoms with E-state index in [0.29, 0.717) is 6.42 Å². The summed E-state index contributed by atoms with van der Waals surface area (Å²) < 4.78 is 5.88. The third-order valence-electron chi connectivity index (χ3n) is 8.85. The van der Waals surface area contributed by atoms with Gasteiger partial charge in [0.05, 0.1) is 0 Å². The quantitative estimate of drug-likeness (QED) is 0.235. The number of ether oxygens (including phenoxy) is 1. The summed E-state index contributed by atoms with van der Waals surface area (Å²) >= 11 is 0. The molecular formula is C28H50O2. The molecular weight excluding hydrogens is 368 g/mol. The van der Waals surface area contributed by atoms with Crippen molar-refractivity contribution in [1.29, 1.82) is 0 Å². The average Bonchev–Trinajstić information content (AvgIpc) is 2.76. The summed E-state index contributed by atoms with van der Waals surface area (Å²) in [6.45, 7) is 4.49. The van der Waals surface area contributed by atoms with Crippen molar-refractivity contribution in [1.82, 2.24) is 0 Å². The van der Waals surface area contributed by atoms with Crippen LogP contribution in [0.4, 0.5) is 0 Å². The first-order chi connectivity index (χ1) is 14.7. The molecule has 0 aromatic rings. The lowest BCUT2D eigenvalue weighted by atomic mass is 9.56. The first kappa shape index (κ1) is 24.1. The molecule has 3 aliphatic carbocycles. The second-order valence-corrected chi connectivity index (χ2v) is 11.0. The molecule has 0 heterocycles. The van der Waals surface area contributed by atoms with Gasteiger partial charge in [0.1, 0.15) is 6.10 Å². The van der Waals surface area contributed by atoms with Crippen molar-refractivity contribution in [2.45, 2.75) is 142 Å². The Hall–Kier alpha value is -0.530. The molecule has 0 bridgehead atoms. The second-order valence-electron chi connectivity index (χ2n) is 11.0. The maximum atomic E-state index is 12.1. The monoisotopic (exact) mass is 418 g/mol. The molecule has 0 aliphatic heterocycles. The van der Waals surface area contributed by atoms with Crippen LogP contribution in [0.1, 0.15) is 136 Å². The number of hydrogen-bond donors (Lipinski definition) is 0. The molecule has 0 N–H and O–H groups in total. The number of fused-ring (bicyclic) bond motifs is 3. The van der Waals surface area contributed by atoms with E-state index < -0.39 is 0 Å². The van der Waals surface area contributed by atoms with Gasteiger partial charge in [-0.25, -0.2) is 0 Å². The summed E-state index contributed by atoms with van der Waals surface area (Å²) in [5.41, 5.74) is 0. The van der Waals surface area contributed by atoms with Gasteiger partial charge < -0.3 is 4.74 Å². The van der Waals surface area contributed by atoms with E-state index in [-0.39, 0.29) is 12.1 Å². The topological polar surface area (TPSA) is 26.3 Å². The lowest BCUT2D eigenvalue weighted by molar-refractivity contribution is -0.153. The van der Waals surface area contributed by atoms with Crippen LogP contribution < -0.4 is 0 Å². The molecule has 3 aliphatic rings. The Morgan fingerprint density at radius 1 is 0.700 bits per heavy atom. The highest BCUT2D eigenvalue weighted by molar-refractivity contribution is 5.69. The Kier molecular flexibility index (Phi) is 10.5. The van der Waals surface area contributed by atoms with Crippen molar-refractivity contribution in [3.05, 3.63) is 0 Å². The van der Waals surface area contributed by atoms with Gasteiger partial charge in [-0.15, -0.1) is 0 Å². The van der Waals surface area contributed by atoms with E-state index in [1.807, 2.05) is 0 Å². The summed E-state index contributed by atoms with van der Waals surface area (Å²) in [5.74, 6) is 4.87. The SMILES string of the molecule is CCCCCCCC[C@H]1CCC2C(CCC3C[C@@H](OC(=O)CCCCC)CCC32)C1. The molecule has 0 saturated heterocycles. The average molecular weight is 419 g/mol. The first-order valence-electron chi connectivity index (χ1n) is 13.9. The van der Waals surface area contributed by atoms with Crippen LogP contribution in [0.5, 0.6) is 0 Å². The Morgan fingerprint density at radius 2 is 1.33 bits per heavy atom. The third kappa shape index (κ3) is 7.27. The molecule has 0 aromatic heterocycles. The van der Waals surface area contributed by atoms with Gasteiger partial charge in [-0.1, -0.05) is 78.1 Å². The number of unbranched alkanes of at least 4 members (excludes halogenated alkanes) is 7. The van der Waals surface area contributed by atoms with E-state index in [4.69, 9.17) is 4.74 Å². The Morgan fingerprint density at radius 3 is 2.10 bits per heavy atom. The van der Waals surface area contributed by atoms with Crippen LogP contribution in [0.3, 0.4) is 0 Å². The third-order valence-corrected chi connectivity index (χ3v) is 8.85. The van der Waals surface area contributed by atoms with E-state index in [2.05, 4.69) is 13.8 Å². The second kappa shape index (κ2) is 13.1. The molecule has 0 aromatic carbocycles. The fourth-order valence-corrected chi connectivity index (χ4v) is 7.20. The van der Waals surface area contributed by atoms with Gasteiger partial charge in [0, 0.05) is 6.42 Å². The van der Waals surface area contributed by atoms with Crippen molar-refractivity contribution in [2.75, 3.05) is 0 Å². The van der Waals surface area contributed by atoms with Gasteiger partial charge in [0.2, 0.25) is 0 Å². The molecule has 2 nitrogen and oxygen atoms in total. The van der Waals surface area contributed by atoms with E-state index in [1.54, 1.807) is 0 Å². The predicted molar refractivity (Wildman–Crippen MR) is 126 cm³/mol. The van der Waals surface area contributed by atoms with E-state index >= 15 is 0 Å². The highest BCUT2D eigenvalue weighted by Crippen LogP contribution is 2.53. The predicted octanol–water partition coefficient (Wildman–Crippen LogP) is 8.47. The zero-order chi connectivity index (χ0) is 21.2. The van der Waals surface area contributed by atoms with E-state index in [9.17, 15) is 4.79 Å². The fraction of sp³-hybridized carbons (Fsp3) is 0.964. The minimum atomic E-state index is 0.0655. The summed E-state index contributed by atoms with van der Waals surface area (Å²) in [7, 11) is 0. The van der Waals surface area contributed by atoms with Gasteiger partial charge in [-0.3, -0.25) is 4.79 Å². The van der Waals surface area contributed by atoms with Crippen LogP contribution in [0, 0.1) is 29.6 Å². The largest absolute Gasteiger partial charge is 0.462 e. The van der Waals surface area contributed by atoms with Crippen molar-refractivity contribution in [3.63, 3.8) is 0 Å². The molecule has 3 saturated carbocycles. The smallest absolute Gasteiger partial charge is 0.306 e. The first-order valence-corrected chi connectivity index (χ1v) is 13.9. The van der Waals surface area contributed by atoms with Crippen LogP contribution in [-0.2, 0) is 9.53 Å². The lowest BCUT2D eigenvalue weighted by Crippen LogP contribution is -2.43. The summed E-state index contributed by atoms with van der Waals surface area (Å²) in [5, 5.41) is 0. The van der Waals surface area contributed by atoms with Gasteiger partial charge in [0.15, 0.2) is 0 Å². The molecule has 3 rings (SSSR count). The summed E-state index contributed by atoms with van der Waals surface area (Å²) in [6, 6.07) is 0. The van der Waals surface area contributed by atoms with Crippen molar-refractivity contribution < 1.29 is 9.53 Å². The van der Waals surface area contributed by atoms with Gasteiger partial charge in [-0.05, 0) is 81.0 Å². The zero-order valence-electron chi connectivity index (χ0n) is 20.2. The van der Waals surface area contributed by atoms with Crippen molar-refractivity contribution in [3.8, 4) is 0 Å². The molecule has 2 heteroatoms. The standard InChI is InChI=1S/C28H50O2/c1-3-5-7-8-9-11-12-22-14-18-26-23(20-22)15-16-24-21-25(17-19-27(24)26)30-28(29)13-10-6-4-2/h22-27H,3-21H2,1-2H3/t22-,23?,24?,25-,26?,27?/m0/s1. The highest BCUT2D eigenvalue weighted by atomic mass is 16.5. The molecule has 174 valence electrons. The maximum absolute atomic E-state index is 12.1. The fourth-order valence-electron chi connectivity index (χ4n) is 7.20. The van der Waals surface area contributed by atoms with Gasteiger partial charge in [-0.2, -0.15) is 0 Å². The number of hydrogen-bond acceptors (Lipinski definition) is 2. The van der Waals surface area contributed by atoms with E-state index in [0.717, 1.165) is 55.3 Å². The zero-order valence-corrected chi connectivity index (χ0v) is 20.2. The normalized spacial score (nSPS) is 33.5. The van der Waals surface area contributed by atoms with Crippen molar-refractivity contribution >= 4 is 5.97 Å². The van der Waals surface area contributed by atoms with Gasteiger partial charge >= 0.3 is 5.97 Å². The summed E-state index contributed by atoms with van der Waals surface area (Å²) in [4.78, 5) is 12.1. The Labute approximate surface area is 187 Å². The Balaban J connectivity index is 1.35. The molecule has 0 amide bonds. The van der Waals surface area contributed by atoms with Crippen LogP contribution in [0.25, 0.3) is 0 Å². The highest BCUT2D eigenvalue weighted by Gasteiger charge is 2.44. The molecule has 30 heavy (non-hydrogen) atoms. The molecule has 3 fully saturated rings. The lowest BCUT2D eigenvalue weighted by Gasteiger charge is -2.50. The number of carbonyl (C=O) groups excluding carboxylic acids is 1. The molecule has 4 unspecified atom stereocenters. The summed E-state index contributed by atoms with van der Waals surface area (Å²) in [6.07, 6.45) is 25.3. The minimum Gasteiger partial charge on any atom is -0.462 e. The van der Waals surface area contributed by atoms with Crippen LogP contribution in [-0.4, -0.2) is 12.1 Å². The minimum absolute atomic E-state index is 0.0655. The Bertz CT molecular complexity index is 487. The number of carbonyl (C=O) groups is 1. The molecule has 0 radical (unpaired) electrons. The van der Waals surface area contributed by atoms with E-state index in [1.165, 1.54) is 89.9 Å². The number of esters is 1. The molecule has 6 atom stereocenters. The van der Waals surface area contributed by atoms with Crippen LogP contribution in [0.15, 0.2) is 0 Å². The molecule has 0 spiro atoms. The maximum Gasteiger partial charge on any atom is 0.306 e. The van der Waals surface area contributed by atoms with Crippen LogP contribution >= 0.6 is 0 Å². The van der Waals surface area contributed by atoms with Crippen molar-refractivity contribution in [2.24, 2.45) is 29.6 Å². The van der Waals surface area contributed by atoms with Crippen LogP contribution in [0.2, 0.25) is 0 Å². The number of rotatable bonds is 12.